The summed E-state index contributed by atoms with van der Waals surface area (Å²) in [6.45, 7) is 4.91. The van der Waals surface area contributed by atoms with E-state index in [2.05, 4.69) is 38.1 Å². The van der Waals surface area contributed by atoms with Gasteiger partial charge in [0.15, 0.2) is 0 Å². The molecule has 15 heavy (non-hydrogen) atoms. The number of hydrogen-bond acceptors (Lipinski definition) is 0. The average molecular weight is 200 g/mol. The SMILES string of the molecule is CC1CC1(C)C1CCc2ccccc2C1. The summed E-state index contributed by atoms with van der Waals surface area (Å²) >= 11 is 0. The molecule has 0 amide bonds. The fourth-order valence-corrected chi connectivity index (χ4v) is 3.43. The van der Waals surface area contributed by atoms with Crippen molar-refractivity contribution in [2.45, 2.75) is 39.5 Å². The number of aryl methyl sites for hydroxylation is 1. The van der Waals surface area contributed by atoms with Gasteiger partial charge in [-0.05, 0) is 54.1 Å². The van der Waals surface area contributed by atoms with Gasteiger partial charge >= 0.3 is 0 Å². The second-order valence-electron chi connectivity index (χ2n) is 5.82. The number of hydrogen-bond donors (Lipinski definition) is 0. The van der Waals surface area contributed by atoms with E-state index in [1.54, 1.807) is 11.1 Å². The van der Waals surface area contributed by atoms with Crippen LogP contribution in [0.1, 0.15) is 37.8 Å². The molecule has 0 nitrogen and oxygen atoms in total. The molecule has 2 aliphatic carbocycles. The molecule has 0 heterocycles. The third-order valence-electron chi connectivity index (χ3n) is 4.99. The third kappa shape index (κ3) is 1.42. The summed E-state index contributed by atoms with van der Waals surface area (Å²) < 4.78 is 0. The highest BCUT2D eigenvalue weighted by molar-refractivity contribution is 5.30. The molecule has 1 fully saturated rings. The van der Waals surface area contributed by atoms with E-state index >= 15 is 0 Å². The molecule has 0 N–H and O–H groups in total. The lowest BCUT2D eigenvalue weighted by atomic mass is 9.75. The Morgan fingerprint density at radius 3 is 2.53 bits per heavy atom. The Hall–Kier alpha value is -0.780. The maximum atomic E-state index is 2.50. The summed E-state index contributed by atoms with van der Waals surface area (Å²) in [6, 6.07) is 9.02. The van der Waals surface area contributed by atoms with Gasteiger partial charge in [0.1, 0.15) is 0 Å². The number of benzene rings is 1. The Kier molecular flexibility index (Phi) is 1.95. The Bertz CT molecular complexity index is 379. The highest BCUT2D eigenvalue weighted by Crippen LogP contribution is 2.59. The zero-order valence-corrected chi connectivity index (χ0v) is 9.79. The number of fused-ring (bicyclic) bond motifs is 1. The van der Waals surface area contributed by atoms with Gasteiger partial charge in [0.25, 0.3) is 0 Å². The minimum Gasteiger partial charge on any atom is -0.0620 e. The topological polar surface area (TPSA) is 0 Å². The van der Waals surface area contributed by atoms with Gasteiger partial charge in [0.2, 0.25) is 0 Å². The van der Waals surface area contributed by atoms with Crippen LogP contribution < -0.4 is 0 Å². The summed E-state index contributed by atoms with van der Waals surface area (Å²) in [5.74, 6) is 1.91. The molecule has 1 aromatic carbocycles. The van der Waals surface area contributed by atoms with E-state index in [0.717, 1.165) is 11.8 Å². The van der Waals surface area contributed by atoms with Gasteiger partial charge in [-0.2, -0.15) is 0 Å². The fourth-order valence-electron chi connectivity index (χ4n) is 3.43. The monoisotopic (exact) mass is 200 g/mol. The van der Waals surface area contributed by atoms with Crippen molar-refractivity contribution < 1.29 is 0 Å². The Balaban J connectivity index is 1.84. The van der Waals surface area contributed by atoms with Gasteiger partial charge in [-0.1, -0.05) is 38.1 Å². The molecule has 3 rings (SSSR count). The summed E-state index contributed by atoms with van der Waals surface area (Å²) in [7, 11) is 0. The quantitative estimate of drug-likeness (QED) is 0.646. The molecule has 1 aromatic rings. The molecule has 0 bridgehead atoms. The lowest BCUT2D eigenvalue weighted by Gasteiger charge is -2.30. The second kappa shape index (κ2) is 3.10. The van der Waals surface area contributed by atoms with Crippen molar-refractivity contribution in [3.05, 3.63) is 35.4 Å². The molecule has 3 unspecified atom stereocenters. The molecule has 0 saturated heterocycles. The first-order valence-electron chi connectivity index (χ1n) is 6.27. The van der Waals surface area contributed by atoms with Crippen LogP contribution in [0.15, 0.2) is 24.3 Å². The predicted octanol–water partition coefficient (Wildman–Crippen LogP) is 3.84. The third-order valence-corrected chi connectivity index (χ3v) is 4.99. The van der Waals surface area contributed by atoms with Gasteiger partial charge in [0.05, 0.1) is 0 Å². The van der Waals surface area contributed by atoms with Gasteiger partial charge in [-0.25, -0.2) is 0 Å². The molecule has 0 aliphatic heterocycles. The van der Waals surface area contributed by atoms with Crippen LogP contribution in [0, 0.1) is 17.3 Å². The Morgan fingerprint density at radius 2 is 1.87 bits per heavy atom. The van der Waals surface area contributed by atoms with Crippen molar-refractivity contribution >= 4 is 0 Å². The molecule has 0 radical (unpaired) electrons. The van der Waals surface area contributed by atoms with Crippen LogP contribution in [-0.2, 0) is 12.8 Å². The van der Waals surface area contributed by atoms with Crippen LogP contribution in [0.4, 0.5) is 0 Å². The van der Waals surface area contributed by atoms with Crippen molar-refractivity contribution in [1.82, 2.24) is 0 Å². The van der Waals surface area contributed by atoms with Crippen molar-refractivity contribution in [2.24, 2.45) is 17.3 Å². The zero-order chi connectivity index (χ0) is 10.5. The molecular weight excluding hydrogens is 180 g/mol. The molecule has 0 heteroatoms. The van der Waals surface area contributed by atoms with Gasteiger partial charge < -0.3 is 0 Å². The summed E-state index contributed by atoms with van der Waals surface area (Å²) in [5.41, 5.74) is 3.90. The molecule has 0 aromatic heterocycles. The van der Waals surface area contributed by atoms with Crippen LogP contribution in [0.5, 0.6) is 0 Å². The smallest absolute Gasteiger partial charge is 0.0242 e. The van der Waals surface area contributed by atoms with Crippen molar-refractivity contribution in [3.63, 3.8) is 0 Å². The average Bonchev–Trinajstić information content (AvgIpc) is 2.88. The van der Waals surface area contributed by atoms with E-state index in [1.165, 1.54) is 25.7 Å². The molecule has 0 spiro atoms. The first-order valence-corrected chi connectivity index (χ1v) is 6.27. The Morgan fingerprint density at radius 1 is 1.20 bits per heavy atom. The highest BCUT2D eigenvalue weighted by Gasteiger charge is 2.52. The number of rotatable bonds is 1. The lowest BCUT2D eigenvalue weighted by molar-refractivity contribution is 0.279. The lowest BCUT2D eigenvalue weighted by Crippen LogP contribution is -2.22. The maximum absolute atomic E-state index is 2.50. The standard InChI is InChI=1S/C15H20/c1-11-10-15(11,2)14-8-7-12-5-3-4-6-13(12)9-14/h3-6,11,14H,7-10H2,1-2H3. The van der Waals surface area contributed by atoms with Crippen LogP contribution in [0.2, 0.25) is 0 Å². The molecule has 80 valence electrons. The minimum absolute atomic E-state index is 0.674. The van der Waals surface area contributed by atoms with E-state index < -0.39 is 0 Å². The van der Waals surface area contributed by atoms with Crippen LogP contribution in [-0.4, -0.2) is 0 Å². The van der Waals surface area contributed by atoms with E-state index in [1.807, 2.05) is 0 Å². The summed E-state index contributed by atoms with van der Waals surface area (Å²) in [4.78, 5) is 0. The maximum Gasteiger partial charge on any atom is -0.0242 e. The minimum atomic E-state index is 0.674. The van der Waals surface area contributed by atoms with Crippen molar-refractivity contribution in [1.29, 1.82) is 0 Å². The van der Waals surface area contributed by atoms with Crippen molar-refractivity contribution in [2.75, 3.05) is 0 Å². The predicted molar refractivity (Wildman–Crippen MR) is 63.8 cm³/mol. The van der Waals surface area contributed by atoms with Gasteiger partial charge in [0, 0.05) is 0 Å². The molecule has 3 atom stereocenters. The normalized spacial score (nSPS) is 38.5. The first-order chi connectivity index (χ1) is 7.20. The van der Waals surface area contributed by atoms with Crippen LogP contribution >= 0.6 is 0 Å². The van der Waals surface area contributed by atoms with Crippen LogP contribution in [0.25, 0.3) is 0 Å². The van der Waals surface area contributed by atoms with E-state index in [-0.39, 0.29) is 0 Å². The first kappa shape index (κ1) is 9.45. The largest absolute Gasteiger partial charge is 0.0620 e. The second-order valence-corrected chi connectivity index (χ2v) is 5.82. The summed E-state index contributed by atoms with van der Waals surface area (Å²) in [6.07, 6.45) is 5.51. The van der Waals surface area contributed by atoms with E-state index in [9.17, 15) is 0 Å². The Labute approximate surface area is 92.7 Å². The van der Waals surface area contributed by atoms with E-state index in [4.69, 9.17) is 0 Å². The summed E-state index contributed by atoms with van der Waals surface area (Å²) in [5, 5.41) is 0. The van der Waals surface area contributed by atoms with Gasteiger partial charge in [-0.3, -0.25) is 0 Å². The van der Waals surface area contributed by atoms with Gasteiger partial charge in [-0.15, -0.1) is 0 Å². The molecule has 1 saturated carbocycles. The highest BCUT2D eigenvalue weighted by atomic mass is 14.6. The fraction of sp³-hybridized carbons (Fsp3) is 0.600. The van der Waals surface area contributed by atoms with E-state index in [0.29, 0.717) is 5.41 Å². The van der Waals surface area contributed by atoms with Crippen LogP contribution in [0.3, 0.4) is 0 Å². The van der Waals surface area contributed by atoms with Crippen molar-refractivity contribution in [3.8, 4) is 0 Å². The zero-order valence-electron chi connectivity index (χ0n) is 9.79. The molecule has 2 aliphatic rings. The molecular formula is C15H20.